The average molecular weight is 195 g/mol. The molecule has 2 aliphatic rings. The smallest absolute Gasteiger partial charge is 0.0561 e. The summed E-state index contributed by atoms with van der Waals surface area (Å²) in [5.41, 5.74) is 0. The molecule has 3 unspecified atom stereocenters. The van der Waals surface area contributed by atoms with Crippen molar-refractivity contribution in [3.8, 4) is 0 Å². The Hall–Kier alpha value is -0.340. The Bertz CT molecular complexity index is 202. The van der Waals surface area contributed by atoms with Crippen LogP contribution in [0.2, 0.25) is 0 Å². The van der Waals surface area contributed by atoms with Gasteiger partial charge in [-0.25, -0.2) is 0 Å². The zero-order chi connectivity index (χ0) is 9.80. The Morgan fingerprint density at radius 3 is 3.00 bits per heavy atom. The largest absolute Gasteiger partial charge is 0.378 e. The fourth-order valence-electron chi connectivity index (χ4n) is 2.40. The summed E-state index contributed by atoms with van der Waals surface area (Å²) in [5.74, 6) is 0. The first-order chi connectivity index (χ1) is 6.84. The fourth-order valence-corrected chi connectivity index (χ4v) is 2.40. The minimum Gasteiger partial charge on any atom is -0.378 e. The Morgan fingerprint density at radius 1 is 1.36 bits per heavy atom. The molecule has 14 heavy (non-hydrogen) atoms. The Kier molecular flexibility index (Phi) is 3.60. The molecule has 2 nitrogen and oxygen atoms in total. The van der Waals surface area contributed by atoms with Crippen LogP contribution in [0, 0.1) is 0 Å². The predicted octanol–water partition coefficient (Wildman–Crippen LogP) is 2.25. The molecule has 1 saturated heterocycles. The number of rotatable bonds is 2. The normalized spacial score (nSPS) is 38.5. The highest BCUT2D eigenvalue weighted by atomic mass is 16.5. The second-order valence-electron chi connectivity index (χ2n) is 4.53. The lowest BCUT2D eigenvalue weighted by molar-refractivity contribution is 0.0119. The van der Waals surface area contributed by atoms with E-state index in [1.54, 1.807) is 0 Å². The SMILES string of the molecule is CC1CC(NC2C=CCCC2)CCO1. The van der Waals surface area contributed by atoms with E-state index in [4.69, 9.17) is 4.74 Å². The van der Waals surface area contributed by atoms with Crippen LogP contribution in [0.5, 0.6) is 0 Å². The van der Waals surface area contributed by atoms with Gasteiger partial charge in [0.1, 0.15) is 0 Å². The Balaban J connectivity index is 1.78. The molecule has 2 rings (SSSR count). The highest BCUT2D eigenvalue weighted by Crippen LogP contribution is 2.17. The zero-order valence-corrected chi connectivity index (χ0v) is 9.04. The van der Waals surface area contributed by atoms with Gasteiger partial charge in [0.2, 0.25) is 0 Å². The van der Waals surface area contributed by atoms with E-state index in [1.807, 2.05) is 0 Å². The lowest BCUT2D eigenvalue weighted by Gasteiger charge is -2.31. The van der Waals surface area contributed by atoms with Gasteiger partial charge in [0.25, 0.3) is 0 Å². The molecule has 1 aliphatic heterocycles. The summed E-state index contributed by atoms with van der Waals surface area (Å²) in [6.45, 7) is 3.10. The molecule has 1 heterocycles. The van der Waals surface area contributed by atoms with Gasteiger partial charge in [-0.05, 0) is 39.0 Å². The standard InChI is InChI=1S/C12H21NO/c1-10-9-12(7-8-14-10)13-11-5-3-2-4-6-11/h3,5,10-13H,2,4,6-9H2,1H3. The molecule has 80 valence electrons. The summed E-state index contributed by atoms with van der Waals surface area (Å²) in [6.07, 6.45) is 11.3. The molecule has 0 spiro atoms. The molecule has 2 heteroatoms. The summed E-state index contributed by atoms with van der Waals surface area (Å²) in [5, 5.41) is 3.72. The van der Waals surface area contributed by atoms with Crippen LogP contribution in [0.1, 0.15) is 39.0 Å². The summed E-state index contributed by atoms with van der Waals surface area (Å²) < 4.78 is 5.54. The second kappa shape index (κ2) is 4.94. The number of ether oxygens (including phenoxy) is 1. The number of nitrogens with one attached hydrogen (secondary N) is 1. The molecular formula is C12H21NO. The molecule has 1 fully saturated rings. The van der Waals surface area contributed by atoms with Crippen LogP contribution < -0.4 is 5.32 Å². The third-order valence-corrected chi connectivity index (χ3v) is 3.19. The second-order valence-corrected chi connectivity index (χ2v) is 4.53. The lowest BCUT2D eigenvalue weighted by Crippen LogP contribution is -2.43. The van der Waals surface area contributed by atoms with Crippen molar-refractivity contribution in [2.45, 2.75) is 57.2 Å². The first-order valence-electron chi connectivity index (χ1n) is 5.89. The maximum absolute atomic E-state index is 5.54. The molecule has 1 aliphatic carbocycles. The van der Waals surface area contributed by atoms with Gasteiger partial charge >= 0.3 is 0 Å². The Morgan fingerprint density at radius 2 is 2.29 bits per heavy atom. The van der Waals surface area contributed by atoms with Crippen LogP contribution in [0.15, 0.2) is 12.2 Å². The molecule has 0 bridgehead atoms. The van der Waals surface area contributed by atoms with Crippen LogP contribution in [0.25, 0.3) is 0 Å². The van der Waals surface area contributed by atoms with Crippen LogP contribution in [-0.4, -0.2) is 24.8 Å². The summed E-state index contributed by atoms with van der Waals surface area (Å²) >= 11 is 0. The average Bonchev–Trinajstić information content (AvgIpc) is 2.19. The van der Waals surface area contributed by atoms with Crippen LogP contribution in [-0.2, 0) is 4.74 Å². The van der Waals surface area contributed by atoms with Crippen molar-refractivity contribution in [3.63, 3.8) is 0 Å². The molecule has 1 N–H and O–H groups in total. The van der Waals surface area contributed by atoms with E-state index in [1.165, 1.54) is 32.1 Å². The molecule has 0 saturated carbocycles. The van der Waals surface area contributed by atoms with E-state index >= 15 is 0 Å². The van der Waals surface area contributed by atoms with Crippen molar-refractivity contribution >= 4 is 0 Å². The zero-order valence-electron chi connectivity index (χ0n) is 9.04. The van der Waals surface area contributed by atoms with Crippen molar-refractivity contribution in [1.29, 1.82) is 0 Å². The monoisotopic (exact) mass is 195 g/mol. The number of hydrogen-bond donors (Lipinski definition) is 1. The van der Waals surface area contributed by atoms with E-state index in [-0.39, 0.29) is 0 Å². The van der Waals surface area contributed by atoms with Crippen LogP contribution in [0.3, 0.4) is 0 Å². The molecular weight excluding hydrogens is 174 g/mol. The molecule has 3 atom stereocenters. The van der Waals surface area contributed by atoms with Crippen molar-refractivity contribution in [3.05, 3.63) is 12.2 Å². The van der Waals surface area contributed by atoms with Crippen LogP contribution in [0.4, 0.5) is 0 Å². The highest BCUT2D eigenvalue weighted by molar-refractivity contribution is 4.98. The van der Waals surface area contributed by atoms with Gasteiger partial charge in [0.05, 0.1) is 6.10 Å². The van der Waals surface area contributed by atoms with Gasteiger partial charge in [-0.15, -0.1) is 0 Å². The van der Waals surface area contributed by atoms with Gasteiger partial charge in [0.15, 0.2) is 0 Å². The molecule has 0 amide bonds. The number of allylic oxidation sites excluding steroid dienone is 1. The first kappa shape index (κ1) is 10.2. The molecule has 0 aromatic rings. The van der Waals surface area contributed by atoms with E-state index in [9.17, 15) is 0 Å². The predicted molar refractivity (Wildman–Crippen MR) is 58.4 cm³/mol. The van der Waals surface area contributed by atoms with Gasteiger partial charge < -0.3 is 10.1 Å². The van der Waals surface area contributed by atoms with Gasteiger partial charge in [-0.3, -0.25) is 0 Å². The quantitative estimate of drug-likeness (QED) is 0.682. The van der Waals surface area contributed by atoms with E-state index < -0.39 is 0 Å². The number of hydrogen-bond acceptors (Lipinski definition) is 2. The van der Waals surface area contributed by atoms with E-state index in [2.05, 4.69) is 24.4 Å². The highest BCUT2D eigenvalue weighted by Gasteiger charge is 2.21. The molecule has 0 radical (unpaired) electrons. The minimum absolute atomic E-state index is 0.439. The fraction of sp³-hybridized carbons (Fsp3) is 0.833. The van der Waals surface area contributed by atoms with Gasteiger partial charge in [0, 0.05) is 18.7 Å². The molecule has 0 aromatic carbocycles. The maximum atomic E-state index is 5.54. The minimum atomic E-state index is 0.439. The van der Waals surface area contributed by atoms with Crippen molar-refractivity contribution in [2.75, 3.05) is 6.61 Å². The van der Waals surface area contributed by atoms with E-state index in [0.717, 1.165) is 6.61 Å². The first-order valence-corrected chi connectivity index (χ1v) is 5.89. The third kappa shape index (κ3) is 2.82. The summed E-state index contributed by atoms with van der Waals surface area (Å²) in [6, 6.07) is 1.30. The Labute approximate surface area is 86.7 Å². The van der Waals surface area contributed by atoms with Gasteiger partial charge in [-0.1, -0.05) is 12.2 Å². The lowest BCUT2D eigenvalue weighted by atomic mass is 9.98. The third-order valence-electron chi connectivity index (χ3n) is 3.19. The van der Waals surface area contributed by atoms with Crippen molar-refractivity contribution in [2.24, 2.45) is 0 Å². The van der Waals surface area contributed by atoms with Crippen molar-refractivity contribution in [1.82, 2.24) is 5.32 Å². The van der Waals surface area contributed by atoms with Crippen molar-refractivity contribution < 1.29 is 4.74 Å². The topological polar surface area (TPSA) is 21.3 Å². The van der Waals surface area contributed by atoms with Gasteiger partial charge in [-0.2, -0.15) is 0 Å². The maximum Gasteiger partial charge on any atom is 0.0561 e. The van der Waals surface area contributed by atoms with Crippen LogP contribution >= 0.6 is 0 Å². The molecule has 0 aromatic heterocycles. The summed E-state index contributed by atoms with van der Waals surface area (Å²) in [4.78, 5) is 0. The summed E-state index contributed by atoms with van der Waals surface area (Å²) in [7, 11) is 0. The van der Waals surface area contributed by atoms with E-state index in [0.29, 0.717) is 18.2 Å².